The highest BCUT2D eigenvalue weighted by atomic mass is 16.5. The Kier molecular flexibility index (Phi) is 8.80. The molecule has 0 saturated carbocycles. The lowest BCUT2D eigenvalue weighted by molar-refractivity contribution is 0.128. The van der Waals surface area contributed by atoms with Crippen LogP contribution in [0.1, 0.15) is 51.0 Å². The van der Waals surface area contributed by atoms with Crippen molar-refractivity contribution in [3.8, 4) is 11.8 Å². The Balaban J connectivity index is 1.64. The van der Waals surface area contributed by atoms with Crippen LogP contribution in [0.3, 0.4) is 0 Å². The van der Waals surface area contributed by atoms with E-state index in [1.807, 2.05) is 0 Å². The molecular weight excluding hydrogens is 358 g/mol. The number of hydrogen-bond donors (Lipinski definition) is 0. The average Bonchev–Trinajstić information content (AvgIpc) is 2.76. The van der Waals surface area contributed by atoms with Crippen LogP contribution in [0.2, 0.25) is 0 Å². The van der Waals surface area contributed by atoms with E-state index in [4.69, 9.17) is 10.00 Å². The predicted molar refractivity (Wildman–Crippen MR) is 120 cm³/mol. The quantitative estimate of drug-likeness (QED) is 0.491. The first-order valence-electron chi connectivity index (χ1n) is 11.3. The van der Waals surface area contributed by atoms with Crippen LogP contribution in [0.25, 0.3) is 10.8 Å². The van der Waals surface area contributed by atoms with Gasteiger partial charge in [-0.25, -0.2) is 0 Å². The Morgan fingerprint density at radius 3 is 2.48 bits per heavy atom. The average molecular weight is 394 g/mol. The number of fused-ring (bicyclic) bond motifs is 1. The van der Waals surface area contributed by atoms with Crippen molar-refractivity contribution in [3.05, 3.63) is 42.0 Å². The minimum Gasteiger partial charge on any atom is -0.493 e. The van der Waals surface area contributed by atoms with Crippen molar-refractivity contribution in [2.75, 3.05) is 39.3 Å². The molecular formula is C25H35N3O. The highest BCUT2D eigenvalue weighted by Gasteiger charge is 2.19. The molecule has 1 saturated heterocycles. The highest BCUT2D eigenvalue weighted by Crippen LogP contribution is 2.30. The molecule has 0 amide bonds. The van der Waals surface area contributed by atoms with Gasteiger partial charge in [0.15, 0.2) is 0 Å². The second-order valence-corrected chi connectivity index (χ2v) is 8.05. The van der Waals surface area contributed by atoms with E-state index in [9.17, 15) is 0 Å². The van der Waals surface area contributed by atoms with Crippen molar-refractivity contribution in [1.29, 1.82) is 5.26 Å². The number of unbranched alkanes of at least 4 members (excludes halogenated alkanes) is 4. The van der Waals surface area contributed by atoms with Crippen LogP contribution in [-0.4, -0.2) is 49.1 Å². The Bertz CT molecular complexity index is 790. The van der Waals surface area contributed by atoms with Crippen LogP contribution in [0.4, 0.5) is 0 Å². The van der Waals surface area contributed by atoms with E-state index < -0.39 is 0 Å². The molecule has 0 aromatic heterocycles. The van der Waals surface area contributed by atoms with E-state index in [1.54, 1.807) is 0 Å². The van der Waals surface area contributed by atoms with Crippen LogP contribution >= 0.6 is 0 Å². The molecule has 0 unspecified atom stereocenters. The number of ether oxygens (including phenoxy) is 1. The highest BCUT2D eigenvalue weighted by molar-refractivity contribution is 5.87. The monoisotopic (exact) mass is 393 g/mol. The smallest absolute Gasteiger partial charge is 0.124 e. The van der Waals surface area contributed by atoms with Gasteiger partial charge in [0.2, 0.25) is 0 Å². The Morgan fingerprint density at radius 1 is 0.931 bits per heavy atom. The van der Waals surface area contributed by atoms with E-state index in [-0.39, 0.29) is 0 Å². The number of hydrogen-bond acceptors (Lipinski definition) is 4. The SMILES string of the molecule is CCCCCCCOc1ccc2ccccc2c1CN1CCN(CCC#N)CC1. The molecule has 0 aliphatic carbocycles. The van der Waals surface area contributed by atoms with Gasteiger partial charge in [0, 0.05) is 51.3 Å². The molecule has 0 spiro atoms. The van der Waals surface area contributed by atoms with Crippen LogP contribution in [-0.2, 0) is 6.54 Å². The maximum atomic E-state index is 8.81. The lowest BCUT2D eigenvalue weighted by Crippen LogP contribution is -2.46. The van der Waals surface area contributed by atoms with Crippen molar-refractivity contribution in [1.82, 2.24) is 9.80 Å². The zero-order chi connectivity index (χ0) is 20.3. The van der Waals surface area contributed by atoms with Crippen LogP contribution in [0.15, 0.2) is 36.4 Å². The third-order valence-corrected chi connectivity index (χ3v) is 5.89. The zero-order valence-electron chi connectivity index (χ0n) is 17.9. The summed E-state index contributed by atoms with van der Waals surface area (Å²) in [6.45, 7) is 9.05. The number of benzene rings is 2. The molecule has 1 aliphatic rings. The Morgan fingerprint density at radius 2 is 1.69 bits per heavy atom. The summed E-state index contributed by atoms with van der Waals surface area (Å²) in [4.78, 5) is 4.93. The van der Waals surface area contributed by atoms with Gasteiger partial charge in [0.05, 0.1) is 12.7 Å². The van der Waals surface area contributed by atoms with Gasteiger partial charge in [-0.05, 0) is 23.3 Å². The summed E-state index contributed by atoms with van der Waals surface area (Å²) in [5.74, 6) is 1.05. The minimum absolute atomic E-state index is 0.625. The zero-order valence-corrected chi connectivity index (χ0v) is 17.9. The van der Waals surface area contributed by atoms with Gasteiger partial charge in [0.1, 0.15) is 5.75 Å². The fourth-order valence-corrected chi connectivity index (χ4v) is 4.10. The van der Waals surface area contributed by atoms with Gasteiger partial charge >= 0.3 is 0 Å². The molecule has 2 aromatic rings. The standard InChI is InChI=1S/C25H35N3O/c1-2-3-4-5-8-20-29-25-13-12-22-10-6-7-11-23(22)24(25)21-28-18-16-27(17-19-28)15-9-14-26/h6-7,10-13H,2-5,8-9,15-21H2,1H3. The van der Waals surface area contributed by atoms with E-state index in [0.29, 0.717) is 6.42 Å². The first-order chi connectivity index (χ1) is 14.3. The molecule has 0 N–H and O–H groups in total. The number of piperazine rings is 1. The Labute approximate surface area is 176 Å². The summed E-state index contributed by atoms with van der Waals surface area (Å²) < 4.78 is 6.27. The molecule has 4 nitrogen and oxygen atoms in total. The fraction of sp³-hybridized carbons (Fsp3) is 0.560. The summed E-state index contributed by atoms with van der Waals surface area (Å²) >= 11 is 0. The molecule has 1 aliphatic heterocycles. The summed E-state index contributed by atoms with van der Waals surface area (Å²) in [6, 6.07) is 15.2. The molecule has 0 atom stereocenters. The molecule has 0 bridgehead atoms. The van der Waals surface area contributed by atoms with E-state index in [2.05, 4.69) is 59.2 Å². The number of nitriles is 1. The van der Waals surface area contributed by atoms with Gasteiger partial charge in [-0.2, -0.15) is 5.26 Å². The van der Waals surface area contributed by atoms with Crippen molar-refractivity contribution in [2.24, 2.45) is 0 Å². The molecule has 1 heterocycles. The second-order valence-electron chi connectivity index (χ2n) is 8.05. The summed E-state index contributed by atoms with van der Waals surface area (Å²) in [5, 5.41) is 11.4. The molecule has 0 radical (unpaired) electrons. The van der Waals surface area contributed by atoms with Gasteiger partial charge in [-0.1, -0.05) is 62.9 Å². The van der Waals surface area contributed by atoms with Gasteiger partial charge in [-0.3, -0.25) is 9.80 Å². The first-order valence-corrected chi connectivity index (χ1v) is 11.3. The van der Waals surface area contributed by atoms with Crippen molar-refractivity contribution < 1.29 is 4.74 Å². The van der Waals surface area contributed by atoms with Crippen LogP contribution in [0, 0.1) is 11.3 Å². The summed E-state index contributed by atoms with van der Waals surface area (Å²) in [6.07, 6.45) is 6.91. The molecule has 3 rings (SSSR count). The summed E-state index contributed by atoms with van der Waals surface area (Å²) in [7, 11) is 0. The molecule has 4 heteroatoms. The van der Waals surface area contributed by atoms with Gasteiger partial charge in [0.25, 0.3) is 0 Å². The number of nitrogens with zero attached hydrogens (tertiary/aromatic N) is 3. The third-order valence-electron chi connectivity index (χ3n) is 5.89. The first kappa shape index (κ1) is 21.6. The largest absolute Gasteiger partial charge is 0.493 e. The molecule has 156 valence electrons. The molecule has 29 heavy (non-hydrogen) atoms. The normalized spacial score (nSPS) is 15.4. The van der Waals surface area contributed by atoms with E-state index in [1.165, 1.54) is 42.0 Å². The Hall–Kier alpha value is -2.09. The second kappa shape index (κ2) is 11.8. The van der Waals surface area contributed by atoms with E-state index >= 15 is 0 Å². The van der Waals surface area contributed by atoms with Gasteiger partial charge in [-0.15, -0.1) is 0 Å². The molecule has 1 fully saturated rings. The maximum Gasteiger partial charge on any atom is 0.124 e. The summed E-state index contributed by atoms with van der Waals surface area (Å²) in [5.41, 5.74) is 1.32. The third kappa shape index (κ3) is 6.45. The van der Waals surface area contributed by atoms with Crippen molar-refractivity contribution >= 4 is 10.8 Å². The van der Waals surface area contributed by atoms with Crippen molar-refractivity contribution in [3.63, 3.8) is 0 Å². The van der Waals surface area contributed by atoms with E-state index in [0.717, 1.165) is 58.0 Å². The topological polar surface area (TPSA) is 39.5 Å². The minimum atomic E-state index is 0.625. The van der Waals surface area contributed by atoms with Crippen LogP contribution < -0.4 is 4.74 Å². The predicted octanol–water partition coefficient (Wildman–Crippen LogP) is 5.22. The van der Waals surface area contributed by atoms with Crippen LogP contribution in [0.5, 0.6) is 5.75 Å². The van der Waals surface area contributed by atoms with Gasteiger partial charge < -0.3 is 4.74 Å². The lowest BCUT2D eigenvalue weighted by Gasteiger charge is -2.34. The fourth-order valence-electron chi connectivity index (χ4n) is 4.10. The maximum absolute atomic E-state index is 8.81. The van der Waals surface area contributed by atoms with Crippen molar-refractivity contribution in [2.45, 2.75) is 52.0 Å². The number of rotatable bonds is 11. The lowest BCUT2D eigenvalue weighted by atomic mass is 10.0. The molecule has 2 aromatic carbocycles.